The lowest BCUT2D eigenvalue weighted by Gasteiger charge is -2.14. The fraction of sp³-hybridized carbons (Fsp3) is 0.375. The van der Waals surface area contributed by atoms with Gasteiger partial charge in [-0.05, 0) is 43.4 Å². The van der Waals surface area contributed by atoms with Crippen molar-refractivity contribution in [3.8, 4) is 5.75 Å². The predicted molar refractivity (Wildman–Crippen MR) is 78.7 cm³/mol. The number of rotatable bonds is 4. The maximum absolute atomic E-state index is 5.83. The summed E-state index contributed by atoms with van der Waals surface area (Å²) in [6.45, 7) is 0.549. The van der Waals surface area contributed by atoms with Gasteiger partial charge in [-0.2, -0.15) is 0 Å². The number of nitrogens with two attached hydrogens (primary N) is 1. The van der Waals surface area contributed by atoms with Gasteiger partial charge in [0.1, 0.15) is 11.6 Å². The van der Waals surface area contributed by atoms with E-state index in [2.05, 4.69) is 9.97 Å². The van der Waals surface area contributed by atoms with Crippen molar-refractivity contribution in [2.75, 3.05) is 12.3 Å². The van der Waals surface area contributed by atoms with Gasteiger partial charge in [-0.15, -0.1) is 0 Å². The molecule has 1 aromatic carbocycles. The van der Waals surface area contributed by atoms with E-state index in [-0.39, 0.29) is 0 Å². The number of nitrogen functional groups attached to an aromatic ring is 1. The van der Waals surface area contributed by atoms with Crippen molar-refractivity contribution in [1.82, 2.24) is 9.97 Å². The average molecular weight is 269 g/mol. The summed E-state index contributed by atoms with van der Waals surface area (Å²) in [5.74, 6) is 1.59. The Balaban J connectivity index is 1.60. The molecule has 0 aliphatic heterocycles. The van der Waals surface area contributed by atoms with Crippen LogP contribution in [0.4, 0.5) is 5.69 Å². The van der Waals surface area contributed by atoms with Crippen molar-refractivity contribution in [2.45, 2.75) is 32.1 Å². The summed E-state index contributed by atoms with van der Waals surface area (Å²) in [6.07, 6.45) is 7.38. The Hall–Kier alpha value is -2.10. The van der Waals surface area contributed by atoms with Gasteiger partial charge in [-0.1, -0.05) is 12.1 Å². The number of hydrogen-bond donors (Lipinski definition) is 1. The molecule has 3 rings (SSSR count). The fourth-order valence-corrected chi connectivity index (χ4v) is 2.50. The molecule has 2 aromatic rings. The molecule has 0 spiro atoms. The molecule has 0 radical (unpaired) electrons. The average Bonchev–Trinajstić information content (AvgIpc) is 2.49. The van der Waals surface area contributed by atoms with Crippen LogP contribution in [0.1, 0.15) is 29.9 Å². The lowest BCUT2D eigenvalue weighted by molar-refractivity contribution is 0.320. The van der Waals surface area contributed by atoms with Gasteiger partial charge in [-0.3, -0.25) is 0 Å². The molecule has 104 valence electrons. The van der Waals surface area contributed by atoms with Crippen molar-refractivity contribution >= 4 is 5.69 Å². The van der Waals surface area contributed by atoms with Crippen LogP contribution in [0.3, 0.4) is 0 Å². The van der Waals surface area contributed by atoms with Crippen LogP contribution < -0.4 is 10.5 Å². The minimum atomic E-state index is 0.549. The molecule has 1 aliphatic carbocycles. The lowest BCUT2D eigenvalue weighted by atomic mass is 9.97. The van der Waals surface area contributed by atoms with E-state index < -0.39 is 0 Å². The summed E-state index contributed by atoms with van der Waals surface area (Å²) in [4.78, 5) is 9.07. The SMILES string of the molecule is Nc1ccccc1OCCc1ncc2c(n1)CCCC2. The van der Waals surface area contributed by atoms with Crippen molar-refractivity contribution in [1.29, 1.82) is 0 Å². The molecule has 1 heterocycles. The first-order valence-corrected chi connectivity index (χ1v) is 7.14. The second-order valence-electron chi connectivity index (χ2n) is 5.10. The number of anilines is 1. The van der Waals surface area contributed by atoms with E-state index in [0.29, 0.717) is 18.7 Å². The van der Waals surface area contributed by atoms with E-state index in [4.69, 9.17) is 10.5 Å². The summed E-state index contributed by atoms with van der Waals surface area (Å²) >= 11 is 0. The van der Waals surface area contributed by atoms with Gasteiger partial charge in [0.05, 0.1) is 12.3 Å². The number of benzene rings is 1. The van der Waals surface area contributed by atoms with Crippen LogP contribution in [0.15, 0.2) is 30.5 Å². The van der Waals surface area contributed by atoms with Gasteiger partial charge >= 0.3 is 0 Å². The maximum atomic E-state index is 5.83. The number of aryl methyl sites for hydroxylation is 2. The van der Waals surface area contributed by atoms with Crippen molar-refractivity contribution < 1.29 is 4.74 Å². The van der Waals surface area contributed by atoms with E-state index in [1.165, 1.54) is 24.1 Å². The van der Waals surface area contributed by atoms with Gasteiger partial charge in [0, 0.05) is 18.3 Å². The zero-order chi connectivity index (χ0) is 13.8. The van der Waals surface area contributed by atoms with E-state index >= 15 is 0 Å². The van der Waals surface area contributed by atoms with Gasteiger partial charge in [-0.25, -0.2) is 9.97 Å². The Labute approximate surface area is 119 Å². The molecule has 1 aliphatic rings. The van der Waals surface area contributed by atoms with Crippen molar-refractivity contribution in [2.24, 2.45) is 0 Å². The fourth-order valence-electron chi connectivity index (χ4n) is 2.50. The quantitative estimate of drug-likeness (QED) is 0.867. The number of para-hydroxylation sites is 2. The first-order chi connectivity index (χ1) is 9.83. The van der Waals surface area contributed by atoms with Crippen LogP contribution in [-0.2, 0) is 19.3 Å². The van der Waals surface area contributed by atoms with Gasteiger partial charge < -0.3 is 10.5 Å². The zero-order valence-electron chi connectivity index (χ0n) is 11.5. The molecule has 0 atom stereocenters. The van der Waals surface area contributed by atoms with Crippen LogP contribution in [0.25, 0.3) is 0 Å². The van der Waals surface area contributed by atoms with Crippen molar-refractivity contribution in [3.63, 3.8) is 0 Å². The Morgan fingerprint density at radius 3 is 2.90 bits per heavy atom. The zero-order valence-corrected chi connectivity index (χ0v) is 11.5. The van der Waals surface area contributed by atoms with Crippen LogP contribution in [0, 0.1) is 0 Å². The highest BCUT2D eigenvalue weighted by atomic mass is 16.5. The third kappa shape index (κ3) is 2.90. The van der Waals surface area contributed by atoms with Crippen LogP contribution in [-0.4, -0.2) is 16.6 Å². The first-order valence-electron chi connectivity index (χ1n) is 7.14. The van der Waals surface area contributed by atoms with E-state index in [1.807, 2.05) is 30.5 Å². The third-order valence-corrected chi connectivity index (χ3v) is 3.62. The van der Waals surface area contributed by atoms with Gasteiger partial charge in [0.15, 0.2) is 0 Å². The number of aromatic nitrogens is 2. The minimum Gasteiger partial charge on any atom is -0.491 e. The Morgan fingerprint density at radius 1 is 1.15 bits per heavy atom. The highest BCUT2D eigenvalue weighted by molar-refractivity contribution is 5.51. The Morgan fingerprint density at radius 2 is 2.00 bits per heavy atom. The smallest absolute Gasteiger partial charge is 0.142 e. The first kappa shape index (κ1) is 12.9. The van der Waals surface area contributed by atoms with Crippen molar-refractivity contribution in [3.05, 3.63) is 47.5 Å². The van der Waals surface area contributed by atoms with Gasteiger partial charge in [0.25, 0.3) is 0 Å². The lowest BCUT2D eigenvalue weighted by Crippen LogP contribution is -2.11. The Bertz CT molecular complexity index is 598. The predicted octanol–water partition coefficient (Wildman–Crippen LogP) is 2.56. The Kier molecular flexibility index (Phi) is 3.81. The molecule has 0 fully saturated rings. The molecule has 1 aromatic heterocycles. The third-order valence-electron chi connectivity index (χ3n) is 3.62. The second kappa shape index (κ2) is 5.90. The van der Waals surface area contributed by atoms with Gasteiger partial charge in [0.2, 0.25) is 0 Å². The largest absolute Gasteiger partial charge is 0.491 e. The molecule has 4 nitrogen and oxygen atoms in total. The topological polar surface area (TPSA) is 61.0 Å². The molecular formula is C16H19N3O. The van der Waals surface area contributed by atoms with Crippen LogP contribution in [0.5, 0.6) is 5.75 Å². The molecule has 0 saturated carbocycles. The minimum absolute atomic E-state index is 0.549. The van der Waals surface area contributed by atoms with E-state index in [0.717, 1.165) is 24.4 Å². The summed E-state index contributed by atoms with van der Waals surface area (Å²) in [5, 5.41) is 0. The molecule has 20 heavy (non-hydrogen) atoms. The monoisotopic (exact) mass is 269 g/mol. The standard InChI is InChI=1S/C16H19N3O/c17-13-6-2-4-8-15(13)20-10-9-16-18-11-12-5-1-3-7-14(12)19-16/h2,4,6,8,11H,1,3,5,7,9-10,17H2. The van der Waals surface area contributed by atoms with Crippen LogP contribution in [0.2, 0.25) is 0 Å². The highest BCUT2D eigenvalue weighted by Crippen LogP contribution is 2.20. The molecular weight excluding hydrogens is 250 g/mol. The second-order valence-corrected chi connectivity index (χ2v) is 5.10. The number of nitrogens with zero attached hydrogens (tertiary/aromatic N) is 2. The van der Waals surface area contributed by atoms with E-state index in [9.17, 15) is 0 Å². The summed E-state index contributed by atoms with van der Waals surface area (Å²) in [6, 6.07) is 7.53. The summed E-state index contributed by atoms with van der Waals surface area (Å²) < 4.78 is 5.68. The molecule has 2 N–H and O–H groups in total. The molecule has 0 amide bonds. The highest BCUT2D eigenvalue weighted by Gasteiger charge is 2.11. The molecule has 0 unspecified atom stereocenters. The molecule has 0 bridgehead atoms. The molecule has 0 saturated heterocycles. The molecule has 4 heteroatoms. The number of ether oxygens (including phenoxy) is 1. The van der Waals surface area contributed by atoms with E-state index in [1.54, 1.807) is 0 Å². The van der Waals surface area contributed by atoms with Crippen LogP contribution >= 0.6 is 0 Å². The normalized spacial score (nSPS) is 13.8. The summed E-state index contributed by atoms with van der Waals surface area (Å²) in [5.41, 5.74) is 9.04. The number of fused-ring (bicyclic) bond motifs is 1. The maximum Gasteiger partial charge on any atom is 0.142 e. The summed E-state index contributed by atoms with van der Waals surface area (Å²) in [7, 11) is 0. The number of hydrogen-bond acceptors (Lipinski definition) is 4.